The van der Waals surface area contributed by atoms with Crippen LogP contribution in [0.25, 0.3) is 0 Å². The van der Waals surface area contributed by atoms with E-state index in [1.54, 1.807) is 0 Å². The number of nitrogens with two attached hydrogens (primary N) is 1. The molecule has 166 valence electrons. The number of carbonyl (C=O) groups is 1. The molecule has 1 amide bonds. The van der Waals surface area contributed by atoms with Crippen molar-refractivity contribution in [2.75, 3.05) is 18.0 Å². The monoisotopic (exact) mass is 432 g/mol. The average molecular weight is 433 g/mol. The number of benzene rings is 3. The molecule has 32 heavy (non-hydrogen) atoms. The Morgan fingerprint density at radius 2 is 1.31 bits per heavy atom. The topological polar surface area (TPSA) is 74.0 Å². The van der Waals surface area contributed by atoms with Gasteiger partial charge in [0.15, 0.2) is 0 Å². The second kappa shape index (κ2) is 10.6. The minimum absolute atomic E-state index is 0.130. The summed E-state index contributed by atoms with van der Waals surface area (Å²) in [6.07, 6.45) is 0.627. The average Bonchev–Trinajstić information content (AvgIpc) is 2.83. The van der Waals surface area contributed by atoms with Crippen molar-refractivity contribution in [3.05, 3.63) is 90.0 Å². The molecule has 0 aromatic heterocycles. The fraction of sp³-hybridized carbons (Fsp3) is 0.269. The van der Waals surface area contributed by atoms with Crippen LogP contribution in [0.2, 0.25) is 0 Å². The molecule has 1 aliphatic heterocycles. The maximum atomic E-state index is 11.0. The Hall–Kier alpha value is -3.67. The molecule has 0 aliphatic carbocycles. The SMILES string of the molecule is NC(=O)OC1CCN(c2cc(OCc3ccccc3)cc(OCc3ccccc3)c2)CC1. The first-order valence-corrected chi connectivity index (χ1v) is 10.9. The molecule has 3 aromatic carbocycles. The molecule has 2 N–H and O–H groups in total. The summed E-state index contributed by atoms with van der Waals surface area (Å²) >= 11 is 0. The number of hydrogen-bond acceptors (Lipinski definition) is 5. The lowest BCUT2D eigenvalue weighted by Gasteiger charge is -2.33. The van der Waals surface area contributed by atoms with Crippen LogP contribution in [0.15, 0.2) is 78.9 Å². The van der Waals surface area contributed by atoms with Crippen LogP contribution >= 0.6 is 0 Å². The van der Waals surface area contributed by atoms with Crippen molar-refractivity contribution in [2.24, 2.45) is 5.73 Å². The molecule has 0 spiro atoms. The van der Waals surface area contributed by atoms with E-state index >= 15 is 0 Å². The van der Waals surface area contributed by atoms with Crippen molar-refractivity contribution in [2.45, 2.75) is 32.2 Å². The molecular formula is C26H28N2O4. The van der Waals surface area contributed by atoms with Crippen molar-refractivity contribution in [3.8, 4) is 11.5 Å². The van der Waals surface area contributed by atoms with Gasteiger partial charge in [-0.2, -0.15) is 0 Å². The smallest absolute Gasteiger partial charge is 0.404 e. The molecule has 4 rings (SSSR count). The lowest BCUT2D eigenvalue weighted by molar-refractivity contribution is 0.0912. The second-order valence-corrected chi connectivity index (χ2v) is 7.83. The number of primary amides is 1. The number of piperidine rings is 1. The summed E-state index contributed by atoms with van der Waals surface area (Å²) < 4.78 is 17.4. The van der Waals surface area contributed by atoms with Gasteiger partial charge in [-0.3, -0.25) is 0 Å². The Morgan fingerprint density at radius 3 is 1.78 bits per heavy atom. The minimum Gasteiger partial charge on any atom is -0.489 e. The van der Waals surface area contributed by atoms with E-state index in [-0.39, 0.29) is 6.10 Å². The highest BCUT2D eigenvalue weighted by Crippen LogP contribution is 2.32. The Kier molecular flexibility index (Phi) is 7.12. The Labute approximate surface area is 188 Å². The van der Waals surface area contributed by atoms with Gasteiger partial charge in [0.05, 0.1) is 0 Å². The number of ether oxygens (including phenoxy) is 3. The second-order valence-electron chi connectivity index (χ2n) is 7.83. The minimum atomic E-state index is -0.712. The highest BCUT2D eigenvalue weighted by molar-refractivity contribution is 5.65. The molecule has 1 heterocycles. The fourth-order valence-corrected chi connectivity index (χ4v) is 3.78. The van der Waals surface area contributed by atoms with Crippen LogP contribution < -0.4 is 20.1 Å². The number of nitrogens with zero attached hydrogens (tertiary/aromatic N) is 1. The zero-order chi connectivity index (χ0) is 22.2. The summed E-state index contributed by atoms with van der Waals surface area (Å²) in [5.41, 5.74) is 8.40. The van der Waals surface area contributed by atoms with Crippen LogP contribution in [0.1, 0.15) is 24.0 Å². The third-order valence-electron chi connectivity index (χ3n) is 5.45. The highest BCUT2D eigenvalue weighted by atomic mass is 16.6. The van der Waals surface area contributed by atoms with Gasteiger partial charge in [-0.15, -0.1) is 0 Å². The molecule has 0 bridgehead atoms. The Bertz CT molecular complexity index is 941. The van der Waals surface area contributed by atoms with E-state index in [9.17, 15) is 4.79 Å². The van der Waals surface area contributed by atoms with Crippen molar-refractivity contribution < 1.29 is 19.0 Å². The number of amides is 1. The van der Waals surface area contributed by atoms with Crippen LogP contribution in [-0.4, -0.2) is 25.3 Å². The summed E-state index contributed by atoms with van der Waals surface area (Å²) in [5.74, 6) is 1.51. The molecule has 0 radical (unpaired) electrons. The van der Waals surface area contributed by atoms with Crippen LogP contribution in [-0.2, 0) is 18.0 Å². The first-order valence-electron chi connectivity index (χ1n) is 10.9. The number of hydrogen-bond donors (Lipinski definition) is 1. The molecule has 1 aliphatic rings. The number of carbonyl (C=O) groups excluding carboxylic acids is 1. The molecular weight excluding hydrogens is 404 g/mol. The molecule has 0 saturated carbocycles. The van der Waals surface area contributed by atoms with E-state index in [1.165, 1.54) is 0 Å². The van der Waals surface area contributed by atoms with E-state index in [0.717, 1.165) is 54.2 Å². The third kappa shape index (κ3) is 6.17. The normalized spacial score (nSPS) is 14.1. The summed E-state index contributed by atoms with van der Waals surface area (Å²) in [6, 6.07) is 26.2. The van der Waals surface area contributed by atoms with E-state index < -0.39 is 6.09 Å². The number of anilines is 1. The van der Waals surface area contributed by atoms with Gasteiger partial charge in [-0.1, -0.05) is 60.7 Å². The number of rotatable bonds is 8. The molecule has 6 heteroatoms. The van der Waals surface area contributed by atoms with Crippen LogP contribution in [0.3, 0.4) is 0 Å². The zero-order valence-corrected chi connectivity index (χ0v) is 18.0. The van der Waals surface area contributed by atoms with Crippen molar-refractivity contribution in [3.63, 3.8) is 0 Å². The Balaban J connectivity index is 1.48. The predicted molar refractivity (Wildman–Crippen MR) is 124 cm³/mol. The summed E-state index contributed by atoms with van der Waals surface area (Å²) in [6.45, 7) is 2.49. The van der Waals surface area contributed by atoms with Crippen molar-refractivity contribution >= 4 is 11.8 Å². The maximum Gasteiger partial charge on any atom is 0.404 e. The first-order chi connectivity index (χ1) is 15.7. The van der Waals surface area contributed by atoms with Crippen LogP contribution in [0, 0.1) is 0 Å². The van der Waals surface area contributed by atoms with Gasteiger partial charge in [-0.05, 0) is 11.1 Å². The van der Waals surface area contributed by atoms with Gasteiger partial charge in [0, 0.05) is 49.8 Å². The highest BCUT2D eigenvalue weighted by Gasteiger charge is 2.22. The zero-order valence-electron chi connectivity index (χ0n) is 18.0. The van der Waals surface area contributed by atoms with Crippen LogP contribution in [0.4, 0.5) is 10.5 Å². The Morgan fingerprint density at radius 1 is 0.812 bits per heavy atom. The summed E-state index contributed by atoms with van der Waals surface area (Å²) in [7, 11) is 0. The van der Waals surface area contributed by atoms with Crippen molar-refractivity contribution in [1.29, 1.82) is 0 Å². The van der Waals surface area contributed by atoms with Gasteiger partial charge >= 0.3 is 6.09 Å². The lowest BCUT2D eigenvalue weighted by atomic mass is 10.1. The van der Waals surface area contributed by atoms with E-state index in [4.69, 9.17) is 19.9 Å². The van der Waals surface area contributed by atoms with Gasteiger partial charge in [-0.25, -0.2) is 4.79 Å². The summed E-state index contributed by atoms with van der Waals surface area (Å²) in [4.78, 5) is 13.3. The molecule has 3 aromatic rings. The van der Waals surface area contributed by atoms with Gasteiger partial charge < -0.3 is 24.8 Å². The van der Waals surface area contributed by atoms with Gasteiger partial charge in [0.25, 0.3) is 0 Å². The predicted octanol–water partition coefficient (Wildman–Crippen LogP) is 4.91. The maximum absolute atomic E-state index is 11.0. The standard InChI is InChI=1S/C26H28N2O4/c27-26(29)32-23-11-13-28(14-12-23)22-15-24(30-18-20-7-3-1-4-8-20)17-25(16-22)31-19-21-9-5-2-6-10-21/h1-10,15-17,23H,11-14,18-19H2,(H2,27,29). The van der Waals surface area contributed by atoms with E-state index in [2.05, 4.69) is 4.90 Å². The molecule has 6 nitrogen and oxygen atoms in total. The summed E-state index contributed by atoms with van der Waals surface area (Å²) in [5, 5.41) is 0. The fourth-order valence-electron chi connectivity index (χ4n) is 3.78. The molecule has 0 unspecified atom stereocenters. The third-order valence-corrected chi connectivity index (χ3v) is 5.45. The molecule has 1 saturated heterocycles. The van der Waals surface area contributed by atoms with Crippen LogP contribution in [0.5, 0.6) is 11.5 Å². The van der Waals surface area contributed by atoms with Crippen molar-refractivity contribution in [1.82, 2.24) is 0 Å². The van der Waals surface area contributed by atoms with E-state index in [0.29, 0.717) is 13.2 Å². The lowest BCUT2D eigenvalue weighted by Crippen LogP contribution is -2.38. The molecule has 0 atom stereocenters. The van der Waals surface area contributed by atoms with Gasteiger partial charge in [0.1, 0.15) is 30.8 Å². The quantitative estimate of drug-likeness (QED) is 0.548. The first kappa shape index (κ1) is 21.6. The van der Waals surface area contributed by atoms with Gasteiger partial charge in [0.2, 0.25) is 0 Å². The van der Waals surface area contributed by atoms with E-state index in [1.807, 2.05) is 78.9 Å². The molecule has 1 fully saturated rings. The largest absolute Gasteiger partial charge is 0.489 e.